The monoisotopic (exact) mass is 469 g/mol. The molecule has 5 nitrogen and oxygen atoms in total. The summed E-state index contributed by atoms with van der Waals surface area (Å²) in [6.45, 7) is 6.13. The summed E-state index contributed by atoms with van der Waals surface area (Å²) in [5.74, 6) is 2.03. The van der Waals surface area contributed by atoms with Gasteiger partial charge in [0.2, 0.25) is 0 Å². The molecule has 2 rings (SSSR count). The summed E-state index contributed by atoms with van der Waals surface area (Å²) in [7, 11) is 1.61. The van der Waals surface area contributed by atoms with Gasteiger partial charge in [-0.3, -0.25) is 0 Å². The van der Waals surface area contributed by atoms with Gasteiger partial charge in [-0.05, 0) is 36.6 Å². The van der Waals surface area contributed by atoms with Crippen molar-refractivity contribution < 1.29 is 9.84 Å². The Labute approximate surface area is 172 Å². The maximum Gasteiger partial charge on any atom is 0.191 e. The Morgan fingerprint density at radius 2 is 1.88 bits per heavy atom. The Morgan fingerprint density at radius 3 is 2.54 bits per heavy atom. The Morgan fingerprint density at radius 1 is 1.15 bits per heavy atom. The van der Waals surface area contributed by atoms with E-state index >= 15 is 0 Å². The highest BCUT2D eigenvalue weighted by Crippen LogP contribution is 2.23. The molecule has 26 heavy (non-hydrogen) atoms. The van der Waals surface area contributed by atoms with Crippen molar-refractivity contribution in [3.63, 3.8) is 0 Å². The minimum absolute atomic E-state index is 0. The number of aromatic hydroxyl groups is 1. The zero-order chi connectivity index (χ0) is 18.1. The fourth-order valence-electron chi connectivity index (χ4n) is 2.47. The van der Waals surface area contributed by atoms with Crippen LogP contribution >= 0.6 is 24.0 Å². The first-order valence-corrected chi connectivity index (χ1v) is 8.57. The number of ether oxygens (including phenoxy) is 1. The minimum atomic E-state index is 0. The van der Waals surface area contributed by atoms with Crippen LogP contribution in [0.4, 0.5) is 0 Å². The molecule has 0 aliphatic rings. The van der Waals surface area contributed by atoms with Crippen molar-refractivity contribution in [3.05, 3.63) is 59.7 Å². The van der Waals surface area contributed by atoms with Crippen molar-refractivity contribution in [2.24, 2.45) is 4.99 Å². The molecule has 0 fully saturated rings. The largest absolute Gasteiger partial charge is 0.508 e. The highest BCUT2D eigenvalue weighted by atomic mass is 127. The van der Waals surface area contributed by atoms with Crippen LogP contribution < -0.4 is 15.4 Å². The lowest BCUT2D eigenvalue weighted by atomic mass is 10.0. The molecule has 3 N–H and O–H groups in total. The van der Waals surface area contributed by atoms with Crippen molar-refractivity contribution in [1.29, 1.82) is 0 Å². The predicted molar refractivity (Wildman–Crippen MR) is 118 cm³/mol. The van der Waals surface area contributed by atoms with E-state index in [4.69, 9.17) is 4.74 Å². The van der Waals surface area contributed by atoms with Crippen molar-refractivity contribution in [2.45, 2.75) is 26.3 Å². The van der Waals surface area contributed by atoms with E-state index in [1.54, 1.807) is 25.3 Å². The number of phenolic OH excluding ortho intramolecular Hbond substituents is 1. The Hall–Kier alpha value is -1.96. The standard InChI is InChI=1S/C20H27N3O2.HI/c1-4-21-20(22-13-15(2)16-8-6-5-7-9-16)23-14-17-12-18(25-3)10-11-19(17)24;/h5-12,15,24H,4,13-14H2,1-3H3,(H2,21,22,23);1H. The summed E-state index contributed by atoms with van der Waals surface area (Å²) in [4.78, 5) is 4.56. The second-order valence-electron chi connectivity index (χ2n) is 5.88. The number of nitrogens with one attached hydrogen (secondary N) is 2. The van der Waals surface area contributed by atoms with Crippen LogP contribution in [0.25, 0.3) is 0 Å². The fraction of sp³-hybridized carbons (Fsp3) is 0.350. The molecule has 2 aromatic rings. The molecule has 142 valence electrons. The van der Waals surface area contributed by atoms with E-state index in [0.717, 1.165) is 24.6 Å². The summed E-state index contributed by atoms with van der Waals surface area (Å²) in [6.07, 6.45) is 0. The van der Waals surface area contributed by atoms with Gasteiger partial charge in [-0.2, -0.15) is 0 Å². The van der Waals surface area contributed by atoms with Gasteiger partial charge in [0.15, 0.2) is 5.96 Å². The van der Waals surface area contributed by atoms with Gasteiger partial charge >= 0.3 is 0 Å². The van der Waals surface area contributed by atoms with Crippen LogP contribution in [0.15, 0.2) is 53.5 Å². The Balaban J connectivity index is 0.00000338. The lowest BCUT2D eigenvalue weighted by Crippen LogP contribution is -2.39. The average Bonchev–Trinajstić information content (AvgIpc) is 2.65. The predicted octanol–water partition coefficient (Wildman–Crippen LogP) is 3.88. The molecule has 0 radical (unpaired) electrons. The Kier molecular flexibility index (Phi) is 9.87. The maximum atomic E-state index is 9.97. The molecule has 6 heteroatoms. The first-order valence-electron chi connectivity index (χ1n) is 8.57. The number of nitrogens with zero attached hydrogens (tertiary/aromatic N) is 1. The number of halogens is 1. The molecule has 1 atom stereocenters. The number of hydrogen-bond acceptors (Lipinski definition) is 3. The molecular weight excluding hydrogens is 441 g/mol. The minimum Gasteiger partial charge on any atom is -0.508 e. The topological polar surface area (TPSA) is 65.9 Å². The lowest BCUT2D eigenvalue weighted by molar-refractivity contribution is 0.411. The molecule has 0 heterocycles. The van der Waals surface area contributed by atoms with Crippen molar-refractivity contribution in [3.8, 4) is 11.5 Å². The number of aliphatic imine (C=N–C) groups is 1. The number of methoxy groups -OCH3 is 1. The van der Waals surface area contributed by atoms with Gasteiger partial charge < -0.3 is 20.5 Å². The summed E-state index contributed by atoms with van der Waals surface area (Å²) >= 11 is 0. The van der Waals surface area contributed by atoms with Gasteiger partial charge in [-0.25, -0.2) is 4.99 Å². The molecule has 0 saturated carbocycles. The third-order valence-corrected chi connectivity index (χ3v) is 3.98. The molecule has 0 amide bonds. The number of benzene rings is 2. The van der Waals surface area contributed by atoms with Gasteiger partial charge in [0, 0.05) is 18.7 Å². The third-order valence-electron chi connectivity index (χ3n) is 3.98. The number of phenols is 1. The second-order valence-corrected chi connectivity index (χ2v) is 5.88. The summed E-state index contributed by atoms with van der Waals surface area (Å²) in [5, 5.41) is 16.6. The quantitative estimate of drug-likeness (QED) is 0.327. The number of rotatable bonds is 7. The molecular formula is C20H28IN3O2. The summed E-state index contributed by atoms with van der Waals surface area (Å²) in [6, 6.07) is 15.5. The SMILES string of the molecule is CCNC(=NCc1cc(OC)ccc1O)NCC(C)c1ccccc1.I. The lowest BCUT2D eigenvalue weighted by Gasteiger charge is -2.16. The maximum absolute atomic E-state index is 9.97. The van der Waals surface area contributed by atoms with Crippen LogP contribution in [-0.4, -0.2) is 31.3 Å². The normalized spacial score (nSPS) is 12.0. The van der Waals surface area contributed by atoms with Crippen LogP contribution in [-0.2, 0) is 6.54 Å². The second kappa shape index (κ2) is 11.6. The summed E-state index contributed by atoms with van der Waals surface area (Å²) in [5.41, 5.74) is 2.02. The van der Waals surface area contributed by atoms with Crippen LogP contribution in [0.5, 0.6) is 11.5 Å². The molecule has 0 saturated heterocycles. The van der Waals surface area contributed by atoms with E-state index < -0.39 is 0 Å². The van der Waals surface area contributed by atoms with Crippen LogP contribution in [0, 0.1) is 0 Å². The molecule has 0 spiro atoms. The highest BCUT2D eigenvalue weighted by molar-refractivity contribution is 14.0. The van der Waals surface area contributed by atoms with E-state index in [0.29, 0.717) is 18.2 Å². The molecule has 0 aliphatic heterocycles. The van der Waals surface area contributed by atoms with Gasteiger partial charge in [0.1, 0.15) is 11.5 Å². The number of hydrogen-bond donors (Lipinski definition) is 3. The van der Waals surface area contributed by atoms with Crippen molar-refractivity contribution >= 4 is 29.9 Å². The van der Waals surface area contributed by atoms with E-state index in [-0.39, 0.29) is 29.7 Å². The van der Waals surface area contributed by atoms with E-state index in [1.165, 1.54) is 5.56 Å². The Bertz CT molecular complexity index is 693. The van der Waals surface area contributed by atoms with Crippen LogP contribution in [0.3, 0.4) is 0 Å². The zero-order valence-corrected chi connectivity index (χ0v) is 17.9. The first kappa shape index (κ1) is 22.1. The van der Waals surface area contributed by atoms with Gasteiger partial charge in [0.05, 0.1) is 13.7 Å². The van der Waals surface area contributed by atoms with Crippen molar-refractivity contribution in [2.75, 3.05) is 20.2 Å². The van der Waals surface area contributed by atoms with E-state index in [1.807, 2.05) is 13.0 Å². The van der Waals surface area contributed by atoms with E-state index in [9.17, 15) is 5.11 Å². The van der Waals surface area contributed by atoms with Gasteiger partial charge in [-0.15, -0.1) is 24.0 Å². The van der Waals surface area contributed by atoms with Gasteiger partial charge in [-0.1, -0.05) is 37.3 Å². The zero-order valence-electron chi connectivity index (χ0n) is 15.5. The highest BCUT2D eigenvalue weighted by Gasteiger charge is 2.07. The first-order chi connectivity index (χ1) is 12.1. The van der Waals surface area contributed by atoms with Crippen LogP contribution in [0.1, 0.15) is 30.9 Å². The molecule has 2 aromatic carbocycles. The molecule has 1 unspecified atom stereocenters. The fourth-order valence-corrected chi connectivity index (χ4v) is 2.47. The third kappa shape index (κ3) is 6.74. The van der Waals surface area contributed by atoms with Crippen LogP contribution in [0.2, 0.25) is 0 Å². The van der Waals surface area contributed by atoms with Gasteiger partial charge in [0.25, 0.3) is 0 Å². The number of guanidine groups is 1. The smallest absolute Gasteiger partial charge is 0.191 e. The molecule has 0 aliphatic carbocycles. The molecule has 0 aromatic heterocycles. The average molecular weight is 469 g/mol. The van der Waals surface area contributed by atoms with E-state index in [2.05, 4.69) is 46.8 Å². The van der Waals surface area contributed by atoms with Crippen molar-refractivity contribution in [1.82, 2.24) is 10.6 Å². The molecule has 0 bridgehead atoms. The summed E-state index contributed by atoms with van der Waals surface area (Å²) < 4.78 is 5.20.